The van der Waals surface area contributed by atoms with Crippen molar-refractivity contribution in [3.8, 4) is 0 Å². The van der Waals surface area contributed by atoms with E-state index in [4.69, 9.17) is 5.73 Å². The van der Waals surface area contributed by atoms with Crippen molar-refractivity contribution in [3.63, 3.8) is 0 Å². The first kappa shape index (κ1) is 14.7. The summed E-state index contributed by atoms with van der Waals surface area (Å²) in [6.07, 6.45) is 0. The molecule has 0 saturated carbocycles. The van der Waals surface area contributed by atoms with Crippen LogP contribution in [0.15, 0.2) is 53.0 Å². The number of amides is 1. The van der Waals surface area contributed by atoms with Gasteiger partial charge < -0.3 is 5.73 Å². The van der Waals surface area contributed by atoms with E-state index in [1.54, 1.807) is 12.1 Å². The Morgan fingerprint density at radius 1 is 1.25 bits per heavy atom. The molecule has 20 heavy (non-hydrogen) atoms. The molecule has 0 aliphatic rings. The average molecular weight is 337 g/mol. The molecule has 2 aromatic rings. The van der Waals surface area contributed by atoms with Gasteiger partial charge in [-0.05, 0) is 17.7 Å². The van der Waals surface area contributed by atoms with Crippen molar-refractivity contribution in [2.24, 2.45) is 5.73 Å². The first-order valence-electron chi connectivity index (χ1n) is 6.09. The monoisotopic (exact) mass is 336 g/mol. The summed E-state index contributed by atoms with van der Waals surface area (Å²) in [4.78, 5) is 11.5. The number of nitrogens with one attached hydrogen (secondary N) is 1. The van der Waals surface area contributed by atoms with Crippen LogP contribution < -0.4 is 11.1 Å². The van der Waals surface area contributed by atoms with Gasteiger partial charge in [-0.25, -0.2) is 4.39 Å². The molecular formula is C15H14BrFN2O. The van der Waals surface area contributed by atoms with Crippen LogP contribution in [0.3, 0.4) is 0 Å². The number of benzene rings is 2. The third-order valence-corrected chi connectivity index (χ3v) is 3.40. The van der Waals surface area contributed by atoms with Crippen LogP contribution in [-0.4, -0.2) is 5.91 Å². The van der Waals surface area contributed by atoms with E-state index >= 15 is 0 Å². The lowest BCUT2D eigenvalue weighted by atomic mass is 10.1. The summed E-state index contributed by atoms with van der Waals surface area (Å²) in [6.45, 7) is 0.434. The molecule has 104 valence electrons. The molecule has 0 fully saturated rings. The van der Waals surface area contributed by atoms with E-state index in [2.05, 4.69) is 21.2 Å². The zero-order valence-electron chi connectivity index (χ0n) is 10.6. The molecule has 2 rings (SSSR count). The van der Waals surface area contributed by atoms with Gasteiger partial charge in [0, 0.05) is 16.6 Å². The molecule has 3 N–H and O–H groups in total. The van der Waals surface area contributed by atoms with Gasteiger partial charge in [0.1, 0.15) is 11.9 Å². The van der Waals surface area contributed by atoms with Crippen molar-refractivity contribution < 1.29 is 9.18 Å². The summed E-state index contributed by atoms with van der Waals surface area (Å²) >= 11 is 3.18. The van der Waals surface area contributed by atoms with Crippen molar-refractivity contribution in [3.05, 3.63) is 69.9 Å². The molecule has 0 saturated heterocycles. The average Bonchev–Trinajstić information content (AvgIpc) is 2.42. The third-order valence-electron chi connectivity index (χ3n) is 2.91. The lowest BCUT2D eigenvalue weighted by molar-refractivity contribution is -0.120. The summed E-state index contributed by atoms with van der Waals surface area (Å²) in [5.41, 5.74) is 6.60. The Kier molecular flexibility index (Phi) is 4.87. The Morgan fingerprint density at radius 2 is 1.95 bits per heavy atom. The summed E-state index contributed by atoms with van der Waals surface area (Å²) < 4.78 is 14.5. The largest absolute Gasteiger partial charge is 0.368 e. The second-order valence-electron chi connectivity index (χ2n) is 4.37. The number of nitrogens with two attached hydrogens (primary N) is 1. The smallest absolute Gasteiger partial charge is 0.239 e. The number of primary amides is 1. The summed E-state index contributed by atoms with van der Waals surface area (Å²) in [7, 11) is 0. The molecule has 1 atom stereocenters. The number of hydrogen-bond donors (Lipinski definition) is 2. The van der Waals surface area contributed by atoms with Crippen molar-refractivity contribution in [1.82, 2.24) is 5.32 Å². The lowest BCUT2D eigenvalue weighted by Gasteiger charge is -2.16. The van der Waals surface area contributed by atoms with E-state index < -0.39 is 17.8 Å². The van der Waals surface area contributed by atoms with Crippen molar-refractivity contribution >= 4 is 21.8 Å². The maximum absolute atomic E-state index is 13.9. The minimum atomic E-state index is -0.858. The number of halogens is 2. The van der Waals surface area contributed by atoms with E-state index in [-0.39, 0.29) is 5.56 Å². The molecule has 1 unspecified atom stereocenters. The van der Waals surface area contributed by atoms with Crippen LogP contribution in [0, 0.1) is 5.82 Å². The SMILES string of the molecule is NC(=O)C(NCc1ccccc1)c1ccc(Br)cc1F. The van der Waals surface area contributed by atoms with Crippen LogP contribution in [-0.2, 0) is 11.3 Å². The van der Waals surface area contributed by atoms with Crippen LogP contribution in [0.4, 0.5) is 4.39 Å². The Labute approximate surface area is 125 Å². The highest BCUT2D eigenvalue weighted by Crippen LogP contribution is 2.21. The molecule has 1 amide bonds. The van der Waals surface area contributed by atoms with Gasteiger partial charge in [0.25, 0.3) is 0 Å². The van der Waals surface area contributed by atoms with Crippen LogP contribution >= 0.6 is 15.9 Å². The molecule has 0 heterocycles. The molecule has 2 aromatic carbocycles. The van der Waals surface area contributed by atoms with Crippen molar-refractivity contribution in [2.45, 2.75) is 12.6 Å². The first-order chi connectivity index (χ1) is 9.58. The summed E-state index contributed by atoms with van der Waals surface area (Å²) in [6, 6.07) is 13.2. The van der Waals surface area contributed by atoms with Crippen LogP contribution in [0.2, 0.25) is 0 Å². The molecule has 0 radical (unpaired) electrons. The molecule has 5 heteroatoms. The number of hydrogen-bond acceptors (Lipinski definition) is 2. The van der Waals surface area contributed by atoms with Gasteiger partial charge in [0.05, 0.1) is 0 Å². The number of carbonyl (C=O) groups excluding carboxylic acids is 1. The van der Waals surface area contributed by atoms with E-state index in [9.17, 15) is 9.18 Å². The highest BCUT2D eigenvalue weighted by molar-refractivity contribution is 9.10. The normalized spacial score (nSPS) is 12.1. The first-order valence-corrected chi connectivity index (χ1v) is 6.89. The maximum atomic E-state index is 13.9. The van der Waals surface area contributed by atoms with Crippen molar-refractivity contribution in [1.29, 1.82) is 0 Å². The van der Waals surface area contributed by atoms with Gasteiger partial charge in [0.2, 0.25) is 5.91 Å². The minimum Gasteiger partial charge on any atom is -0.368 e. The fourth-order valence-electron chi connectivity index (χ4n) is 1.92. The molecule has 0 aromatic heterocycles. The number of carbonyl (C=O) groups is 1. The van der Waals surface area contributed by atoms with E-state index in [0.717, 1.165) is 5.56 Å². The zero-order valence-corrected chi connectivity index (χ0v) is 12.2. The Balaban J connectivity index is 2.17. The minimum absolute atomic E-state index is 0.247. The standard InChI is InChI=1S/C15H14BrFN2O/c16-11-6-7-12(13(17)8-11)14(15(18)20)19-9-10-4-2-1-3-5-10/h1-8,14,19H,9H2,(H2,18,20). The van der Waals surface area contributed by atoms with Crippen molar-refractivity contribution in [2.75, 3.05) is 0 Å². The summed E-state index contributed by atoms with van der Waals surface area (Å²) in [5.74, 6) is -1.08. The van der Waals surface area contributed by atoms with Gasteiger partial charge in [-0.3, -0.25) is 10.1 Å². The van der Waals surface area contributed by atoms with Gasteiger partial charge in [-0.1, -0.05) is 52.3 Å². The molecule has 0 aliphatic heterocycles. The summed E-state index contributed by atoms with van der Waals surface area (Å²) in [5, 5.41) is 2.98. The second kappa shape index (κ2) is 6.63. The van der Waals surface area contributed by atoms with Gasteiger partial charge in [-0.2, -0.15) is 0 Å². The van der Waals surface area contributed by atoms with Gasteiger partial charge >= 0.3 is 0 Å². The Hall–Kier alpha value is -1.72. The molecule has 3 nitrogen and oxygen atoms in total. The molecular weight excluding hydrogens is 323 g/mol. The van der Waals surface area contributed by atoms with E-state index in [1.165, 1.54) is 6.07 Å². The molecule has 0 aliphatic carbocycles. The fraction of sp³-hybridized carbons (Fsp3) is 0.133. The quantitative estimate of drug-likeness (QED) is 0.881. The van der Waals surface area contributed by atoms with Crippen LogP contribution in [0.25, 0.3) is 0 Å². The Bertz CT molecular complexity index is 604. The lowest BCUT2D eigenvalue weighted by Crippen LogP contribution is -2.34. The number of rotatable bonds is 5. The van der Waals surface area contributed by atoms with Gasteiger partial charge in [0.15, 0.2) is 0 Å². The topological polar surface area (TPSA) is 55.1 Å². The van der Waals surface area contributed by atoms with Gasteiger partial charge in [-0.15, -0.1) is 0 Å². The van der Waals surface area contributed by atoms with Crippen LogP contribution in [0.5, 0.6) is 0 Å². The molecule has 0 bridgehead atoms. The third kappa shape index (κ3) is 3.65. The van der Waals surface area contributed by atoms with E-state index in [1.807, 2.05) is 30.3 Å². The highest BCUT2D eigenvalue weighted by atomic mass is 79.9. The maximum Gasteiger partial charge on any atom is 0.239 e. The second-order valence-corrected chi connectivity index (χ2v) is 5.28. The molecule has 0 spiro atoms. The zero-order chi connectivity index (χ0) is 14.5. The van der Waals surface area contributed by atoms with Crippen LogP contribution in [0.1, 0.15) is 17.2 Å². The Morgan fingerprint density at radius 3 is 2.55 bits per heavy atom. The predicted molar refractivity (Wildman–Crippen MR) is 79.3 cm³/mol. The van der Waals surface area contributed by atoms with E-state index in [0.29, 0.717) is 11.0 Å². The fourth-order valence-corrected chi connectivity index (χ4v) is 2.25. The highest BCUT2D eigenvalue weighted by Gasteiger charge is 2.20. The predicted octanol–water partition coefficient (Wildman–Crippen LogP) is 2.90.